The number of ketones is 1. The Balaban J connectivity index is 2.22. The van der Waals surface area contributed by atoms with Crippen LogP contribution in [0.2, 0.25) is 5.02 Å². The second-order valence-corrected chi connectivity index (χ2v) is 5.94. The lowest BCUT2D eigenvalue weighted by molar-refractivity contribution is 0.0993. The Hall–Kier alpha value is -0.640. The average molecular weight is 388 g/mol. The highest BCUT2D eigenvalue weighted by Gasteiger charge is 2.10. The summed E-state index contributed by atoms with van der Waals surface area (Å²) in [5.74, 6) is 0.0688. The second-order valence-electron chi connectivity index (χ2n) is 3.82. The van der Waals surface area contributed by atoms with Crippen molar-refractivity contribution in [2.75, 3.05) is 0 Å². The maximum Gasteiger partial charge on any atom is 0.167 e. The Morgan fingerprint density at radius 2 is 1.78 bits per heavy atom. The van der Waals surface area contributed by atoms with Gasteiger partial charge in [-0.3, -0.25) is 4.79 Å². The van der Waals surface area contributed by atoms with E-state index in [1.54, 1.807) is 18.2 Å². The molecule has 2 aromatic rings. The molecule has 92 valence electrons. The Labute approximate surface area is 127 Å². The van der Waals surface area contributed by atoms with Gasteiger partial charge >= 0.3 is 0 Å². The SMILES string of the molecule is O=C(Cc1ccccc1Br)c1ccc(Cl)c(Br)c1. The van der Waals surface area contributed by atoms with Crippen LogP contribution in [0, 0.1) is 0 Å². The van der Waals surface area contributed by atoms with E-state index in [-0.39, 0.29) is 5.78 Å². The average Bonchev–Trinajstić information content (AvgIpc) is 2.35. The van der Waals surface area contributed by atoms with Crippen molar-refractivity contribution in [1.82, 2.24) is 0 Å². The fraction of sp³-hybridized carbons (Fsp3) is 0.0714. The molecule has 2 rings (SSSR count). The van der Waals surface area contributed by atoms with Gasteiger partial charge in [-0.25, -0.2) is 0 Å². The number of rotatable bonds is 3. The molecule has 18 heavy (non-hydrogen) atoms. The summed E-state index contributed by atoms with van der Waals surface area (Å²) >= 11 is 12.7. The molecule has 0 aliphatic heterocycles. The summed E-state index contributed by atoms with van der Waals surface area (Å²) in [4.78, 5) is 12.1. The highest BCUT2D eigenvalue weighted by Crippen LogP contribution is 2.24. The Bertz CT molecular complexity index is 596. The molecule has 0 N–H and O–H groups in total. The van der Waals surface area contributed by atoms with Crippen molar-refractivity contribution in [3.8, 4) is 0 Å². The molecule has 0 saturated carbocycles. The van der Waals surface area contributed by atoms with Crippen LogP contribution in [-0.2, 0) is 6.42 Å². The summed E-state index contributed by atoms with van der Waals surface area (Å²) < 4.78 is 1.69. The normalized spacial score (nSPS) is 10.4. The summed E-state index contributed by atoms with van der Waals surface area (Å²) in [5, 5.41) is 0.604. The first-order valence-electron chi connectivity index (χ1n) is 5.29. The third-order valence-corrected chi connectivity index (χ3v) is 4.54. The number of halogens is 3. The maximum atomic E-state index is 12.1. The fourth-order valence-electron chi connectivity index (χ4n) is 1.59. The molecule has 0 bridgehead atoms. The predicted octanol–water partition coefficient (Wildman–Crippen LogP) is 5.29. The van der Waals surface area contributed by atoms with Crippen molar-refractivity contribution in [2.45, 2.75) is 6.42 Å². The van der Waals surface area contributed by atoms with Gasteiger partial charge in [-0.05, 0) is 45.8 Å². The largest absolute Gasteiger partial charge is 0.294 e. The van der Waals surface area contributed by atoms with Gasteiger partial charge in [0.15, 0.2) is 5.78 Å². The number of carbonyl (C=O) groups is 1. The molecular formula is C14H9Br2ClO. The van der Waals surface area contributed by atoms with Crippen LogP contribution in [0.3, 0.4) is 0 Å². The van der Waals surface area contributed by atoms with E-state index in [1.807, 2.05) is 24.3 Å². The van der Waals surface area contributed by atoms with Crippen LogP contribution in [0.1, 0.15) is 15.9 Å². The molecule has 0 aliphatic carbocycles. The summed E-state index contributed by atoms with van der Waals surface area (Å²) in [7, 11) is 0. The maximum absolute atomic E-state index is 12.1. The Morgan fingerprint density at radius 1 is 1.06 bits per heavy atom. The molecule has 0 amide bonds. The zero-order chi connectivity index (χ0) is 13.1. The van der Waals surface area contributed by atoms with Crippen molar-refractivity contribution >= 4 is 49.2 Å². The van der Waals surface area contributed by atoms with Gasteiger partial charge in [0, 0.05) is 20.9 Å². The van der Waals surface area contributed by atoms with Crippen LogP contribution in [0.25, 0.3) is 0 Å². The highest BCUT2D eigenvalue weighted by atomic mass is 79.9. The van der Waals surface area contributed by atoms with Crippen LogP contribution in [0.5, 0.6) is 0 Å². The molecule has 4 heteroatoms. The number of hydrogen-bond donors (Lipinski definition) is 0. The molecule has 0 saturated heterocycles. The minimum Gasteiger partial charge on any atom is -0.294 e. The number of hydrogen-bond acceptors (Lipinski definition) is 1. The van der Waals surface area contributed by atoms with Gasteiger partial charge in [0.25, 0.3) is 0 Å². The van der Waals surface area contributed by atoms with Crippen LogP contribution >= 0.6 is 43.5 Å². The molecule has 0 aromatic heterocycles. The Kier molecular flexibility index (Phi) is 4.60. The molecular weight excluding hydrogens is 379 g/mol. The van der Waals surface area contributed by atoms with Crippen molar-refractivity contribution in [2.24, 2.45) is 0 Å². The first-order valence-corrected chi connectivity index (χ1v) is 7.26. The summed E-state index contributed by atoms with van der Waals surface area (Å²) in [6, 6.07) is 12.9. The van der Waals surface area contributed by atoms with E-state index in [4.69, 9.17) is 11.6 Å². The minimum atomic E-state index is 0.0688. The van der Waals surface area contributed by atoms with Crippen molar-refractivity contribution in [3.05, 3.63) is 67.6 Å². The zero-order valence-corrected chi connectivity index (χ0v) is 13.2. The standard InChI is InChI=1S/C14H9Br2ClO/c15-11-4-2-1-3-9(11)8-14(18)10-5-6-13(17)12(16)7-10/h1-7H,8H2. The zero-order valence-electron chi connectivity index (χ0n) is 9.29. The van der Waals surface area contributed by atoms with Crippen molar-refractivity contribution in [1.29, 1.82) is 0 Å². The molecule has 2 aromatic carbocycles. The summed E-state index contributed by atoms with van der Waals surface area (Å²) in [5.41, 5.74) is 1.63. The van der Waals surface area contributed by atoms with Gasteiger partial charge < -0.3 is 0 Å². The molecule has 0 atom stereocenters. The number of Topliss-reactive ketones (excluding diaryl/α,β-unsaturated/α-hetero) is 1. The third kappa shape index (κ3) is 3.22. The molecule has 0 heterocycles. The number of benzene rings is 2. The van der Waals surface area contributed by atoms with Crippen LogP contribution in [-0.4, -0.2) is 5.78 Å². The van der Waals surface area contributed by atoms with E-state index >= 15 is 0 Å². The lowest BCUT2D eigenvalue weighted by atomic mass is 10.0. The van der Waals surface area contributed by atoms with Gasteiger partial charge in [0.2, 0.25) is 0 Å². The van der Waals surface area contributed by atoms with Gasteiger partial charge in [-0.15, -0.1) is 0 Å². The smallest absolute Gasteiger partial charge is 0.167 e. The molecule has 0 aliphatic rings. The quantitative estimate of drug-likeness (QED) is 0.653. The van der Waals surface area contributed by atoms with E-state index in [0.29, 0.717) is 17.0 Å². The van der Waals surface area contributed by atoms with Crippen LogP contribution in [0.15, 0.2) is 51.4 Å². The molecule has 0 radical (unpaired) electrons. The molecule has 1 nitrogen and oxygen atoms in total. The minimum absolute atomic E-state index is 0.0688. The molecule has 0 spiro atoms. The molecule has 0 unspecified atom stereocenters. The van der Waals surface area contributed by atoms with E-state index in [9.17, 15) is 4.79 Å². The van der Waals surface area contributed by atoms with Crippen LogP contribution < -0.4 is 0 Å². The topological polar surface area (TPSA) is 17.1 Å². The van der Waals surface area contributed by atoms with Crippen LogP contribution in [0.4, 0.5) is 0 Å². The first-order chi connectivity index (χ1) is 8.58. The van der Waals surface area contributed by atoms with E-state index in [1.165, 1.54) is 0 Å². The van der Waals surface area contributed by atoms with Gasteiger partial charge in [0.05, 0.1) is 5.02 Å². The highest BCUT2D eigenvalue weighted by molar-refractivity contribution is 9.10. The first kappa shape index (κ1) is 13.8. The van der Waals surface area contributed by atoms with Gasteiger partial charge in [0.1, 0.15) is 0 Å². The van der Waals surface area contributed by atoms with E-state index in [2.05, 4.69) is 31.9 Å². The molecule has 0 fully saturated rings. The van der Waals surface area contributed by atoms with Crippen molar-refractivity contribution < 1.29 is 4.79 Å². The third-order valence-electron chi connectivity index (χ3n) is 2.55. The summed E-state index contributed by atoms with van der Waals surface area (Å²) in [6.07, 6.45) is 0.371. The lowest BCUT2D eigenvalue weighted by Gasteiger charge is -2.05. The lowest BCUT2D eigenvalue weighted by Crippen LogP contribution is -2.04. The Morgan fingerprint density at radius 3 is 2.44 bits per heavy atom. The predicted molar refractivity (Wildman–Crippen MR) is 81.3 cm³/mol. The van der Waals surface area contributed by atoms with E-state index < -0.39 is 0 Å². The van der Waals surface area contributed by atoms with Gasteiger partial charge in [-0.2, -0.15) is 0 Å². The summed E-state index contributed by atoms with van der Waals surface area (Å²) in [6.45, 7) is 0. The number of carbonyl (C=O) groups excluding carboxylic acids is 1. The fourth-order valence-corrected chi connectivity index (χ4v) is 2.51. The monoisotopic (exact) mass is 386 g/mol. The van der Waals surface area contributed by atoms with E-state index in [0.717, 1.165) is 14.5 Å². The van der Waals surface area contributed by atoms with Gasteiger partial charge in [-0.1, -0.05) is 45.7 Å². The second kappa shape index (κ2) is 6.00. The van der Waals surface area contributed by atoms with Crippen molar-refractivity contribution in [3.63, 3.8) is 0 Å².